The van der Waals surface area contributed by atoms with Crippen molar-refractivity contribution in [1.29, 1.82) is 0 Å². The minimum absolute atomic E-state index is 0.571. The molecule has 1 heterocycles. The second-order valence-electron chi connectivity index (χ2n) is 5.55. The third kappa shape index (κ3) is 2.62. The molecule has 2 aromatic rings. The summed E-state index contributed by atoms with van der Waals surface area (Å²) >= 11 is 3.65. The van der Waals surface area contributed by atoms with E-state index in [0.717, 1.165) is 12.1 Å². The number of aromatic nitrogens is 2. The largest absolute Gasteiger partial charge is 0.380 e. The van der Waals surface area contributed by atoms with Gasteiger partial charge in [0, 0.05) is 23.8 Å². The molecule has 3 rings (SSSR count). The lowest BCUT2D eigenvalue weighted by atomic mass is 9.76. The molecule has 3 nitrogen and oxygen atoms in total. The van der Waals surface area contributed by atoms with E-state index in [4.69, 9.17) is 0 Å². The number of benzene rings is 1. The van der Waals surface area contributed by atoms with Crippen molar-refractivity contribution >= 4 is 21.6 Å². The van der Waals surface area contributed by atoms with Gasteiger partial charge in [0.15, 0.2) is 0 Å². The van der Waals surface area contributed by atoms with E-state index < -0.39 is 0 Å². The van der Waals surface area contributed by atoms with Gasteiger partial charge in [-0.05, 0) is 36.8 Å². The minimum Gasteiger partial charge on any atom is -0.380 e. The maximum atomic E-state index is 4.48. The van der Waals surface area contributed by atoms with Gasteiger partial charge in [0.2, 0.25) is 0 Å². The molecule has 0 amide bonds. The number of halogens is 1. The van der Waals surface area contributed by atoms with E-state index in [0.29, 0.717) is 12.0 Å². The number of nitrogens with zero attached hydrogens (tertiary/aromatic N) is 2. The van der Waals surface area contributed by atoms with Crippen LogP contribution in [-0.4, -0.2) is 15.8 Å². The van der Waals surface area contributed by atoms with Crippen LogP contribution < -0.4 is 5.32 Å². The molecule has 106 valence electrons. The zero-order chi connectivity index (χ0) is 14.1. The molecule has 1 aromatic heterocycles. The maximum absolute atomic E-state index is 4.48. The van der Waals surface area contributed by atoms with Gasteiger partial charge in [-0.2, -0.15) is 5.10 Å². The predicted octanol–water partition coefficient (Wildman–Crippen LogP) is 4.10. The Morgan fingerprint density at radius 2 is 2.10 bits per heavy atom. The van der Waals surface area contributed by atoms with E-state index in [1.165, 1.54) is 28.6 Å². The highest BCUT2D eigenvalue weighted by atomic mass is 79.9. The molecule has 20 heavy (non-hydrogen) atoms. The van der Waals surface area contributed by atoms with Gasteiger partial charge in [0.25, 0.3) is 0 Å². The van der Waals surface area contributed by atoms with Crippen LogP contribution in [0.15, 0.2) is 34.9 Å². The number of hydrogen-bond donors (Lipinski definition) is 1. The Labute approximate surface area is 128 Å². The molecule has 0 radical (unpaired) electrons. The molecular weight excluding hydrogens is 314 g/mol. The predicted molar refractivity (Wildman–Crippen MR) is 86.1 cm³/mol. The van der Waals surface area contributed by atoms with Crippen LogP contribution >= 0.6 is 15.9 Å². The Kier molecular flexibility index (Phi) is 3.83. The number of nitrogens with one attached hydrogen (secondary N) is 1. The first kappa shape index (κ1) is 13.7. The third-order valence-electron chi connectivity index (χ3n) is 4.08. The lowest BCUT2D eigenvalue weighted by Crippen LogP contribution is -2.34. The van der Waals surface area contributed by atoms with Crippen LogP contribution in [0.1, 0.15) is 36.9 Å². The Morgan fingerprint density at radius 3 is 2.80 bits per heavy atom. The van der Waals surface area contributed by atoms with E-state index in [1.54, 1.807) is 0 Å². The molecule has 0 spiro atoms. The van der Waals surface area contributed by atoms with Gasteiger partial charge in [-0.3, -0.25) is 4.68 Å². The standard InChI is InChI=1S/C16H20BrN3/c1-3-15-16(10-20(2)19-15)18-12-8-11(9-12)13-6-4-5-7-14(13)17/h4-7,10-12,18H,3,8-9H2,1-2H3. The summed E-state index contributed by atoms with van der Waals surface area (Å²) in [5.74, 6) is 0.671. The van der Waals surface area contributed by atoms with Crippen LogP contribution in [0.5, 0.6) is 0 Å². The van der Waals surface area contributed by atoms with Gasteiger partial charge in [0.05, 0.1) is 11.4 Å². The minimum atomic E-state index is 0.571. The van der Waals surface area contributed by atoms with Crippen molar-refractivity contribution in [3.63, 3.8) is 0 Å². The van der Waals surface area contributed by atoms with Crippen LogP contribution in [-0.2, 0) is 13.5 Å². The SMILES string of the molecule is CCc1nn(C)cc1NC1CC(c2ccccc2Br)C1. The van der Waals surface area contributed by atoms with E-state index in [2.05, 4.69) is 63.7 Å². The summed E-state index contributed by atoms with van der Waals surface area (Å²) in [6.07, 6.45) is 5.45. The molecule has 1 saturated carbocycles. The summed E-state index contributed by atoms with van der Waals surface area (Å²) in [5.41, 5.74) is 3.80. The Bertz CT molecular complexity index is 600. The van der Waals surface area contributed by atoms with Crippen molar-refractivity contribution in [2.75, 3.05) is 5.32 Å². The fourth-order valence-corrected chi connectivity index (χ4v) is 3.54. The fourth-order valence-electron chi connectivity index (χ4n) is 2.93. The molecule has 0 atom stereocenters. The lowest BCUT2D eigenvalue weighted by Gasteiger charge is -2.37. The highest BCUT2D eigenvalue weighted by molar-refractivity contribution is 9.10. The monoisotopic (exact) mass is 333 g/mol. The van der Waals surface area contributed by atoms with Crippen LogP contribution in [0.2, 0.25) is 0 Å². The molecular formula is C16H20BrN3. The third-order valence-corrected chi connectivity index (χ3v) is 4.81. The fraction of sp³-hybridized carbons (Fsp3) is 0.438. The normalized spacial score (nSPS) is 21.6. The summed E-state index contributed by atoms with van der Waals surface area (Å²) in [4.78, 5) is 0. The first-order valence-electron chi connectivity index (χ1n) is 7.21. The molecule has 1 aromatic carbocycles. The summed E-state index contributed by atoms with van der Waals surface area (Å²) < 4.78 is 3.13. The van der Waals surface area contributed by atoms with E-state index in [9.17, 15) is 0 Å². The molecule has 0 aliphatic heterocycles. The number of anilines is 1. The molecule has 1 fully saturated rings. The van der Waals surface area contributed by atoms with E-state index in [1.807, 2.05) is 11.7 Å². The van der Waals surface area contributed by atoms with E-state index in [-0.39, 0.29) is 0 Å². The topological polar surface area (TPSA) is 29.9 Å². The first-order valence-corrected chi connectivity index (χ1v) is 8.00. The Morgan fingerprint density at radius 1 is 1.35 bits per heavy atom. The average molecular weight is 334 g/mol. The van der Waals surface area contributed by atoms with Crippen LogP contribution in [0.25, 0.3) is 0 Å². The Hall–Kier alpha value is -1.29. The number of rotatable bonds is 4. The second-order valence-corrected chi connectivity index (χ2v) is 6.40. The van der Waals surface area contributed by atoms with Crippen molar-refractivity contribution in [2.45, 2.75) is 38.1 Å². The molecule has 1 N–H and O–H groups in total. The highest BCUT2D eigenvalue weighted by Crippen LogP contribution is 2.41. The maximum Gasteiger partial charge on any atom is 0.0853 e. The van der Waals surface area contributed by atoms with Crippen LogP contribution in [0.3, 0.4) is 0 Å². The summed E-state index contributed by atoms with van der Waals surface area (Å²) in [6.45, 7) is 2.15. The van der Waals surface area contributed by atoms with Gasteiger partial charge >= 0.3 is 0 Å². The lowest BCUT2D eigenvalue weighted by molar-refractivity contribution is 0.373. The molecule has 1 aliphatic carbocycles. The molecule has 0 bridgehead atoms. The quantitative estimate of drug-likeness (QED) is 0.912. The number of aryl methyl sites for hydroxylation is 2. The average Bonchev–Trinajstić information content (AvgIpc) is 2.75. The van der Waals surface area contributed by atoms with Crippen molar-refractivity contribution < 1.29 is 0 Å². The second kappa shape index (κ2) is 5.60. The van der Waals surface area contributed by atoms with Crippen molar-refractivity contribution in [3.8, 4) is 0 Å². The van der Waals surface area contributed by atoms with Crippen molar-refractivity contribution in [2.24, 2.45) is 7.05 Å². The molecule has 0 saturated heterocycles. The summed E-state index contributed by atoms with van der Waals surface area (Å²) in [7, 11) is 1.98. The highest BCUT2D eigenvalue weighted by Gasteiger charge is 2.31. The zero-order valence-corrected chi connectivity index (χ0v) is 13.5. The van der Waals surface area contributed by atoms with Crippen LogP contribution in [0.4, 0.5) is 5.69 Å². The zero-order valence-electron chi connectivity index (χ0n) is 11.9. The van der Waals surface area contributed by atoms with Gasteiger partial charge in [-0.25, -0.2) is 0 Å². The van der Waals surface area contributed by atoms with Crippen molar-refractivity contribution in [3.05, 3.63) is 46.2 Å². The summed E-state index contributed by atoms with van der Waals surface area (Å²) in [5, 5.41) is 8.12. The van der Waals surface area contributed by atoms with Crippen LogP contribution in [0, 0.1) is 0 Å². The molecule has 1 aliphatic rings. The van der Waals surface area contributed by atoms with Crippen molar-refractivity contribution in [1.82, 2.24) is 9.78 Å². The van der Waals surface area contributed by atoms with Gasteiger partial charge in [0.1, 0.15) is 0 Å². The van der Waals surface area contributed by atoms with Gasteiger partial charge < -0.3 is 5.32 Å². The molecule has 0 unspecified atom stereocenters. The smallest absolute Gasteiger partial charge is 0.0853 e. The first-order chi connectivity index (χ1) is 9.67. The number of hydrogen-bond acceptors (Lipinski definition) is 2. The van der Waals surface area contributed by atoms with Gasteiger partial charge in [-0.1, -0.05) is 41.1 Å². The summed E-state index contributed by atoms with van der Waals surface area (Å²) in [6, 6.07) is 9.13. The Balaban J connectivity index is 1.62. The van der Waals surface area contributed by atoms with Gasteiger partial charge in [-0.15, -0.1) is 0 Å². The molecule has 4 heteroatoms. The van der Waals surface area contributed by atoms with E-state index >= 15 is 0 Å².